The number of amides is 4. The number of hydrogen-bond acceptors (Lipinski definition) is 6. The Hall–Kier alpha value is -5.94. The maximum atomic E-state index is 13.9. The van der Waals surface area contributed by atoms with Gasteiger partial charge in [-0.3, -0.25) is 19.3 Å². The lowest BCUT2D eigenvalue weighted by atomic mass is 9.71. The topological polar surface area (TPSA) is 150 Å². The van der Waals surface area contributed by atoms with E-state index in [1.54, 1.807) is 41.3 Å². The van der Waals surface area contributed by atoms with Gasteiger partial charge in [-0.1, -0.05) is 93.6 Å². The van der Waals surface area contributed by atoms with Crippen molar-refractivity contribution >= 4 is 46.1 Å². The van der Waals surface area contributed by atoms with Gasteiger partial charge in [-0.2, -0.15) is 0 Å². The summed E-state index contributed by atoms with van der Waals surface area (Å²) in [4.78, 5) is 60.4. The van der Waals surface area contributed by atoms with Gasteiger partial charge in [0.25, 0.3) is 5.91 Å². The van der Waals surface area contributed by atoms with E-state index < -0.39 is 35.1 Å². The molecule has 1 saturated heterocycles. The smallest absolute Gasteiger partial charge is 0.405 e. The molecule has 0 spiro atoms. The lowest BCUT2D eigenvalue weighted by Crippen LogP contribution is -2.54. The van der Waals surface area contributed by atoms with Gasteiger partial charge in [0, 0.05) is 45.5 Å². The van der Waals surface area contributed by atoms with Crippen molar-refractivity contribution in [2.24, 2.45) is 11.1 Å². The predicted molar refractivity (Wildman–Crippen MR) is 207 cm³/mol. The molecule has 3 atom stereocenters. The highest BCUT2D eigenvalue weighted by Crippen LogP contribution is 2.44. The van der Waals surface area contributed by atoms with Crippen LogP contribution >= 0.6 is 0 Å². The first-order chi connectivity index (χ1) is 25.3. The number of rotatable bonds is 10. The molecule has 11 nitrogen and oxygen atoms in total. The zero-order valence-electron chi connectivity index (χ0n) is 30.7. The van der Waals surface area contributed by atoms with E-state index in [0.717, 1.165) is 34.1 Å². The monoisotopic (exact) mass is 714 g/mol. The fourth-order valence-electron chi connectivity index (χ4n) is 7.29. The highest BCUT2D eigenvalue weighted by atomic mass is 16.6. The van der Waals surface area contributed by atoms with Crippen LogP contribution in [-0.2, 0) is 24.7 Å². The maximum Gasteiger partial charge on any atom is 0.405 e. The molecule has 5 aromatic rings. The number of likely N-dealkylation sites (N-methyl/N-ethyl adjacent to an activating group) is 1. The molecule has 6 rings (SSSR count). The van der Waals surface area contributed by atoms with E-state index in [1.807, 2.05) is 113 Å². The molecule has 0 radical (unpaired) electrons. The Labute approximate surface area is 309 Å². The van der Waals surface area contributed by atoms with Gasteiger partial charge < -0.3 is 31.0 Å². The minimum atomic E-state index is -1.69. The Morgan fingerprint density at radius 3 is 2.11 bits per heavy atom. The average molecular weight is 715 g/mol. The van der Waals surface area contributed by atoms with Crippen LogP contribution in [0.3, 0.4) is 0 Å². The first-order valence-corrected chi connectivity index (χ1v) is 17.7. The quantitative estimate of drug-likeness (QED) is 0.122. The summed E-state index contributed by atoms with van der Waals surface area (Å²) in [5, 5.41) is 6.87. The Morgan fingerprint density at radius 2 is 1.49 bits per heavy atom. The number of hydrogen-bond donors (Lipinski definition) is 4. The molecule has 274 valence electrons. The Morgan fingerprint density at radius 1 is 0.849 bits per heavy atom. The number of carbonyl (C=O) groups is 4. The molecule has 1 aliphatic rings. The summed E-state index contributed by atoms with van der Waals surface area (Å²) in [6.07, 6.45) is 0.303. The van der Waals surface area contributed by atoms with Gasteiger partial charge in [0.1, 0.15) is 12.1 Å². The molecule has 0 unspecified atom stereocenters. The zero-order valence-corrected chi connectivity index (χ0v) is 30.7. The summed E-state index contributed by atoms with van der Waals surface area (Å²) in [6.45, 7) is 5.98. The highest BCUT2D eigenvalue weighted by molar-refractivity contribution is 6.01. The molecule has 2 heterocycles. The molecule has 4 amide bonds. The van der Waals surface area contributed by atoms with E-state index in [0.29, 0.717) is 29.9 Å². The number of benzene rings is 4. The predicted octanol–water partition coefficient (Wildman–Crippen LogP) is 7.04. The Balaban J connectivity index is 1.16. The van der Waals surface area contributed by atoms with E-state index in [9.17, 15) is 19.2 Å². The standard InChI is InChI=1S/C42H46N6O5/c1-41(2,3)42(53-40(43)52,30-15-10-7-11-16-30)39(51)45-31-20-18-27(19-21-31)34-26-29-25-32(22-23-33(29)46-34)44-37(49)35-17-12-24-48(35)38(50)36(47(4)5)28-13-8-6-9-14-28/h6-11,13-16,18-23,25-26,35-36,46H,12,17,24H2,1-5H3,(H2,43,52)(H,44,49)(H,45,51)/t35-,36+,42-/m0/s1. The maximum absolute atomic E-state index is 13.9. The van der Waals surface area contributed by atoms with Crippen LogP contribution in [0.15, 0.2) is 109 Å². The summed E-state index contributed by atoms with van der Waals surface area (Å²) >= 11 is 0. The number of likely N-dealkylation sites (tertiary alicyclic amines) is 1. The van der Waals surface area contributed by atoms with Crippen LogP contribution in [0.1, 0.15) is 50.8 Å². The molecule has 53 heavy (non-hydrogen) atoms. The van der Waals surface area contributed by atoms with Crippen LogP contribution in [0.5, 0.6) is 0 Å². The summed E-state index contributed by atoms with van der Waals surface area (Å²) in [7, 11) is 3.75. The van der Waals surface area contributed by atoms with E-state index in [1.165, 1.54) is 0 Å². The summed E-state index contributed by atoms with van der Waals surface area (Å²) in [6, 6.07) is 32.4. The van der Waals surface area contributed by atoms with Crippen molar-refractivity contribution in [1.82, 2.24) is 14.8 Å². The lowest BCUT2D eigenvalue weighted by molar-refractivity contribution is -0.148. The van der Waals surface area contributed by atoms with Gasteiger partial charge in [-0.25, -0.2) is 4.79 Å². The highest BCUT2D eigenvalue weighted by Gasteiger charge is 2.53. The Bertz CT molecular complexity index is 2110. The molecule has 0 bridgehead atoms. The minimum absolute atomic E-state index is 0.0844. The van der Waals surface area contributed by atoms with Crippen molar-refractivity contribution in [1.29, 1.82) is 0 Å². The van der Waals surface area contributed by atoms with Crippen molar-refractivity contribution in [3.8, 4) is 11.3 Å². The molecule has 1 aliphatic heterocycles. The summed E-state index contributed by atoms with van der Waals surface area (Å²) in [5.41, 5.74) is 8.10. The van der Waals surface area contributed by atoms with E-state index in [2.05, 4.69) is 15.6 Å². The molecule has 0 saturated carbocycles. The molecule has 1 aromatic heterocycles. The van der Waals surface area contributed by atoms with Crippen LogP contribution < -0.4 is 16.4 Å². The van der Waals surface area contributed by atoms with Crippen LogP contribution in [-0.4, -0.2) is 65.3 Å². The van der Waals surface area contributed by atoms with Crippen molar-refractivity contribution in [3.63, 3.8) is 0 Å². The summed E-state index contributed by atoms with van der Waals surface area (Å²) in [5.74, 6) is -0.821. The van der Waals surface area contributed by atoms with Crippen LogP contribution in [0.4, 0.5) is 16.2 Å². The fourth-order valence-corrected chi connectivity index (χ4v) is 7.29. The molecular formula is C42H46N6O5. The van der Waals surface area contributed by atoms with Gasteiger partial charge >= 0.3 is 6.09 Å². The molecule has 5 N–H and O–H groups in total. The van der Waals surface area contributed by atoms with E-state index >= 15 is 0 Å². The first-order valence-electron chi connectivity index (χ1n) is 17.7. The number of fused-ring (bicyclic) bond motifs is 1. The third kappa shape index (κ3) is 7.52. The summed E-state index contributed by atoms with van der Waals surface area (Å²) < 4.78 is 5.64. The molecular weight excluding hydrogens is 668 g/mol. The third-order valence-corrected chi connectivity index (χ3v) is 9.86. The average Bonchev–Trinajstić information content (AvgIpc) is 3.79. The van der Waals surface area contributed by atoms with E-state index in [-0.39, 0.29) is 11.8 Å². The minimum Gasteiger partial charge on any atom is -0.427 e. The number of H-pyrrole nitrogens is 1. The van der Waals surface area contributed by atoms with Gasteiger partial charge in [0.2, 0.25) is 17.4 Å². The largest absolute Gasteiger partial charge is 0.427 e. The van der Waals surface area contributed by atoms with Crippen molar-refractivity contribution in [3.05, 3.63) is 120 Å². The number of primary amides is 1. The molecule has 1 fully saturated rings. The number of ether oxygens (including phenoxy) is 1. The first kappa shape index (κ1) is 36.8. The number of nitrogens with one attached hydrogen (secondary N) is 3. The van der Waals surface area contributed by atoms with Gasteiger partial charge in [-0.15, -0.1) is 0 Å². The van der Waals surface area contributed by atoms with Crippen LogP contribution in [0.25, 0.3) is 22.2 Å². The number of aromatic amines is 1. The second-order valence-corrected chi connectivity index (χ2v) is 14.7. The number of anilines is 2. The number of nitrogens with zero attached hydrogens (tertiary/aromatic N) is 2. The zero-order chi connectivity index (χ0) is 37.9. The van der Waals surface area contributed by atoms with Crippen LogP contribution in [0, 0.1) is 5.41 Å². The fraction of sp³-hybridized carbons (Fsp3) is 0.286. The number of nitrogens with two attached hydrogens (primary N) is 1. The second kappa shape index (κ2) is 15.0. The van der Waals surface area contributed by atoms with E-state index in [4.69, 9.17) is 10.5 Å². The van der Waals surface area contributed by atoms with Crippen molar-refractivity contribution in [2.75, 3.05) is 31.3 Å². The molecule has 11 heteroatoms. The normalized spacial score (nSPS) is 16.2. The van der Waals surface area contributed by atoms with Crippen molar-refractivity contribution in [2.45, 2.75) is 51.3 Å². The lowest BCUT2D eigenvalue weighted by Gasteiger charge is -2.42. The van der Waals surface area contributed by atoms with Gasteiger partial charge in [-0.05, 0) is 74.5 Å². The number of carbonyl (C=O) groups excluding carboxylic acids is 4. The van der Waals surface area contributed by atoms with Gasteiger partial charge in [0.15, 0.2) is 0 Å². The SMILES string of the molecule is CN(C)[C@@H](C(=O)N1CCC[C@H]1C(=O)Nc1ccc2[nH]c(-c3ccc(NC(=O)[C@@](OC(N)=O)(c4ccccc4)C(C)(C)C)cc3)cc2c1)c1ccccc1. The molecule has 0 aliphatic carbocycles. The Kier molecular flexibility index (Phi) is 10.4. The number of aromatic nitrogens is 1. The molecule has 4 aromatic carbocycles. The second-order valence-electron chi connectivity index (χ2n) is 14.7. The van der Waals surface area contributed by atoms with Crippen LogP contribution in [0.2, 0.25) is 0 Å². The third-order valence-electron chi connectivity index (χ3n) is 9.86. The van der Waals surface area contributed by atoms with Crippen molar-refractivity contribution < 1.29 is 23.9 Å². The van der Waals surface area contributed by atoms with Gasteiger partial charge in [0.05, 0.1) is 0 Å².